The van der Waals surface area contributed by atoms with E-state index in [1.165, 1.54) is 47.7 Å². The molecular weight excluding hydrogens is 426 g/mol. The SMILES string of the molecule is O=C(O)c1cc(-c2nc(-c3ccc(F)cc3F)cs2)ccc1-c1ccccc1[N+](=O)[O-]. The van der Waals surface area contributed by atoms with Gasteiger partial charge in [-0.1, -0.05) is 24.3 Å². The number of halogens is 2. The van der Waals surface area contributed by atoms with Crippen LogP contribution in [0.1, 0.15) is 10.4 Å². The third kappa shape index (κ3) is 3.90. The van der Waals surface area contributed by atoms with E-state index in [0.717, 1.165) is 12.1 Å². The van der Waals surface area contributed by atoms with E-state index < -0.39 is 22.5 Å². The molecule has 6 nitrogen and oxygen atoms in total. The van der Waals surface area contributed by atoms with E-state index in [1.54, 1.807) is 17.5 Å². The summed E-state index contributed by atoms with van der Waals surface area (Å²) in [6.07, 6.45) is 0. The smallest absolute Gasteiger partial charge is 0.336 e. The Hall–Kier alpha value is -3.98. The molecule has 0 aliphatic carbocycles. The van der Waals surface area contributed by atoms with Crippen LogP contribution in [0.5, 0.6) is 0 Å². The summed E-state index contributed by atoms with van der Waals surface area (Å²) in [5.74, 6) is -2.71. The maximum atomic E-state index is 14.1. The van der Waals surface area contributed by atoms with Crippen LogP contribution in [0.3, 0.4) is 0 Å². The Labute approximate surface area is 178 Å². The molecule has 0 atom stereocenters. The molecule has 1 heterocycles. The molecule has 4 rings (SSSR count). The molecule has 0 spiro atoms. The van der Waals surface area contributed by atoms with Crippen molar-refractivity contribution in [3.05, 3.63) is 93.4 Å². The molecule has 31 heavy (non-hydrogen) atoms. The zero-order chi connectivity index (χ0) is 22.1. The van der Waals surface area contributed by atoms with E-state index in [2.05, 4.69) is 4.98 Å². The van der Waals surface area contributed by atoms with E-state index in [1.807, 2.05) is 0 Å². The minimum Gasteiger partial charge on any atom is -0.478 e. The number of hydrogen-bond acceptors (Lipinski definition) is 5. The lowest BCUT2D eigenvalue weighted by Crippen LogP contribution is -2.02. The average molecular weight is 438 g/mol. The number of para-hydroxylation sites is 1. The van der Waals surface area contributed by atoms with Gasteiger partial charge in [0.1, 0.15) is 16.6 Å². The topological polar surface area (TPSA) is 93.3 Å². The quantitative estimate of drug-likeness (QED) is 0.303. The minimum atomic E-state index is -1.25. The predicted octanol–water partition coefficient (Wildman–Crippen LogP) is 6.03. The van der Waals surface area contributed by atoms with Crippen molar-refractivity contribution in [2.45, 2.75) is 0 Å². The van der Waals surface area contributed by atoms with Crippen LogP contribution in [0.25, 0.3) is 33.0 Å². The minimum absolute atomic E-state index is 0.124. The van der Waals surface area contributed by atoms with Crippen LogP contribution in [0, 0.1) is 21.7 Å². The summed E-state index contributed by atoms with van der Waals surface area (Å²) < 4.78 is 27.2. The fourth-order valence-electron chi connectivity index (χ4n) is 3.18. The Kier molecular flexibility index (Phi) is 5.26. The second-order valence-corrected chi connectivity index (χ2v) is 7.36. The van der Waals surface area contributed by atoms with Crippen molar-refractivity contribution in [3.63, 3.8) is 0 Å². The summed E-state index contributed by atoms with van der Waals surface area (Å²) in [5, 5.41) is 23.1. The molecule has 4 aromatic rings. The number of thiazole rings is 1. The Morgan fingerprint density at radius 2 is 1.74 bits per heavy atom. The molecule has 1 N–H and O–H groups in total. The van der Waals surface area contributed by atoms with E-state index in [0.29, 0.717) is 10.6 Å². The van der Waals surface area contributed by atoms with Gasteiger partial charge in [-0.3, -0.25) is 10.1 Å². The van der Waals surface area contributed by atoms with Gasteiger partial charge < -0.3 is 5.11 Å². The highest BCUT2D eigenvalue weighted by molar-refractivity contribution is 7.13. The fraction of sp³-hybridized carbons (Fsp3) is 0. The Morgan fingerprint density at radius 3 is 2.45 bits per heavy atom. The van der Waals surface area contributed by atoms with Crippen LogP contribution in [0.2, 0.25) is 0 Å². The number of nitro groups is 1. The Morgan fingerprint density at radius 1 is 1.00 bits per heavy atom. The summed E-state index contributed by atoms with van der Waals surface area (Å²) in [7, 11) is 0. The first kappa shape index (κ1) is 20.3. The molecule has 0 saturated heterocycles. The van der Waals surface area contributed by atoms with Crippen molar-refractivity contribution < 1.29 is 23.6 Å². The van der Waals surface area contributed by atoms with Crippen molar-refractivity contribution in [1.29, 1.82) is 0 Å². The molecule has 1 aromatic heterocycles. The van der Waals surface area contributed by atoms with Crippen LogP contribution in [-0.2, 0) is 0 Å². The lowest BCUT2D eigenvalue weighted by atomic mass is 9.96. The van der Waals surface area contributed by atoms with Crippen LogP contribution in [-0.4, -0.2) is 21.0 Å². The normalized spacial score (nSPS) is 10.8. The number of aromatic carboxylic acids is 1. The van der Waals surface area contributed by atoms with Gasteiger partial charge >= 0.3 is 5.97 Å². The summed E-state index contributed by atoms with van der Waals surface area (Å²) in [6, 6.07) is 13.5. The molecule has 0 aliphatic heterocycles. The molecule has 0 fully saturated rings. The van der Waals surface area contributed by atoms with Gasteiger partial charge in [0.25, 0.3) is 5.69 Å². The molecule has 3 aromatic carbocycles. The van der Waals surface area contributed by atoms with Crippen molar-refractivity contribution in [1.82, 2.24) is 4.98 Å². The maximum absolute atomic E-state index is 14.1. The first-order valence-electron chi connectivity index (χ1n) is 8.87. The standard InChI is InChI=1S/C22H12F2N2O4S/c23-13-6-8-16(18(24)10-13)19-11-31-21(25-19)12-5-7-14(17(9-12)22(27)28)15-3-1-2-4-20(15)26(29)30/h1-11H,(H,27,28). The van der Waals surface area contributed by atoms with E-state index in [9.17, 15) is 28.8 Å². The molecule has 0 bridgehead atoms. The molecule has 0 amide bonds. The van der Waals surface area contributed by atoms with Crippen molar-refractivity contribution in [3.8, 4) is 33.0 Å². The van der Waals surface area contributed by atoms with Crippen LogP contribution < -0.4 is 0 Å². The highest BCUT2D eigenvalue weighted by Gasteiger charge is 2.21. The van der Waals surface area contributed by atoms with Gasteiger partial charge in [0.05, 0.1) is 21.7 Å². The number of hydrogen-bond donors (Lipinski definition) is 1. The van der Waals surface area contributed by atoms with Gasteiger partial charge in [0.2, 0.25) is 0 Å². The molecule has 154 valence electrons. The number of nitrogens with zero attached hydrogens (tertiary/aromatic N) is 2. The van der Waals surface area contributed by atoms with Crippen LogP contribution in [0.4, 0.5) is 14.5 Å². The summed E-state index contributed by atoms with van der Waals surface area (Å²) in [6.45, 7) is 0. The predicted molar refractivity (Wildman–Crippen MR) is 112 cm³/mol. The van der Waals surface area contributed by atoms with Crippen LogP contribution in [0.15, 0.2) is 66.0 Å². The van der Waals surface area contributed by atoms with E-state index >= 15 is 0 Å². The first-order valence-corrected chi connectivity index (χ1v) is 9.75. The Bertz CT molecular complexity index is 1340. The number of rotatable bonds is 5. The number of carboxylic acid groups (broad SMARTS) is 1. The summed E-state index contributed by atoms with van der Waals surface area (Å²) >= 11 is 1.17. The fourth-order valence-corrected chi connectivity index (χ4v) is 3.99. The molecular formula is C22H12F2N2O4S. The molecule has 0 aliphatic rings. The van der Waals surface area contributed by atoms with Crippen LogP contribution >= 0.6 is 11.3 Å². The lowest BCUT2D eigenvalue weighted by molar-refractivity contribution is -0.384. The zero-order valence-electron chi connectivity index (χ0n) is 15.6. The molecule has 0 unspecified atom stereocenters. The summed E-state index contributed by atoms with van der Waals surface area (Å²) in [4.78, 5) is 27.0. The molecule has 9 heteroatoms. The van der Waals surface area contributed by atoms with E-state index in [4.69, 9.17) is 0 Å². The van der Waals surface area contributed by atoms with Crippen molar-refractivity contribution in [2.75, 3.05) is 0 Å². The third-order valence-corrected chi connectivity index (χ3v) is 5.49. The summed E-state index contributed by atoms with van der Waals surface area (Å²) in [5.41, 5.74) is 0.918. The maximum Gasteiger partial charge on any atom is 0.336 e. The van der Waals surface area contributed by atoms with Gasteiger partial charge in [-0.2, -0.15) is 0 Å². The number of benzene rings is 3. The molecule has 0 radical (unpaired) electrons. The average Bonchev–Trinajstić information content (AvgIpc) is 3.23. The third-order valence-electron chi connectivity index (χ3n) is 4.60. The van der Waals surface area contributed by atoms with E-state index in [-0.39, 0.29) is 33.6 Å². The molecule has 0 saturated carbocycles. The highest BCUT2D eigenvalue weighted by Crippen LogP contribution is 2.36. The second-order valence-electron chi connectivity index (χ2n) is 6.50. The lowest BCUT2D eigenvalue weighted by Gasteiger charge is -2.09. The first-order chi connectivity index (χ1) is 14.8. The zero-order valence-corrected chi connectivity index (χ0v) is 16.4. The van der Waals surface area contributed by atoms with Gasteiger partial charge in [-0.25, -0.2) is 18.6 Å². The number of carbonyl (C=O) groups is 1. The largest absolute Gasteiger partial charge is 0.478 e. The Balaban J connectivity index is 1.79. The monoisotopic (exact) mass is 438 g/mol. The number of carboxylic acids is 1. The van der Waals surface area contributed by atoms with Crippen molar-refractivity contribution in [2.24, 2.45) is 0 Å². The van der Waals surface area contributed by atoms with Gasteiger partial charge in [-0.15, -0.1) is 11.3 Å². The second kappa shape index (κ2) is 8.04. The highest BCUT2D eigenvalue weighted by atomic mass is 32.1. The number of aromatic nitrogens is 1. The van der Waals surface area contributed by atoms with Gasteiger partial charge in [-0.05, 0) is 24.3 Å². The van der Waals surface area contributed by atoms with Gasteiger partial charge in [0, 0.05) is 34.2 Å². The number of nitro benzene ring substituents is 1. The van der Waals surface area contributed by atoms with Gasteiger partial charge in [0.15, 0.2) is 0 Å². The van der Waals surface area contributed by atoms with Crippen molar-refractivity contribution >= 4 is 23.0 Å².